The van der Waals surface area contributed by atoms with Crippen LogP contribution < -0.4 is 0 Å². The minimum absolute atomic E-state index is 0.0971. The monoisotopic (exact) mass is 432 g/mol. The van der Waals surface area contributed by atoms with Gasteiger partial charge in [-0.15, -0.1) is 0 Å². The molecule has 168 valence electrons. The van der Waals surface area contributed by atoms with Crippen LogP contribution in [0.25, 0.3) is 0 Å². The Balaban J connectivity index is 1.99. The van der Waals surface area contributed by atoms with Gasteiger partial charge in [0.15, 0.2) is 18.0 Å². The van der Waals surface area contributed by atoms with Crippen LogP contribution in [0.4, 0.5) is 0 Å². The summed E-state index contributed by atoms with van der Waals surface area (Å²) in [5.74, 6) is -1.97. The number of ether oxygens (including phenoxy) is 1. The number of phenols is 1. The molecule has 1 aromatic rings. The van der Waals surface area contributed by atoms with E-state index in [1.165, 1.54) is 0 Å². The molecule has 2 aliphatic rings. The van der Waals surface area contributed by atoms with Crippen molar-refractivity contribution in [2.75, 3.05) is 6.61 Å². The van der Waals surface area contributed by atoms with Crippen LogP contribution in [0.2, 0.25) is 0 Å². The lowest BCUT2D eigenvalue weighted by Crippen LogP contribution is -2.59. The zero-order valence-electron chi connectivity index (χ0n) is 17.8. The predicted octanol–water partition coefficient (Wildman–Crippen LogP) is 0.898. The molecule has 0 aromatic heterocycles. The standard InChI is InChI=1S/C23H28O8/c1-12-4-6-15(25)8-14(12)5-7-16-17-9-19(27)23(30,20(28)11-31-13(2)24)22(17,3)10-18(26)21(16)29/h4,6,8,18-19,25-27,30H,5,7,9-11H2,1-3H3/t18-,19+,22-,23-/m0/s1. The van der Waals surface area contributed by atoms with Crippen LogP contribution in [0.15, 0.2) is 29.3 Å². The molecule has 4 N–H and O–H groups in total. The van der Waals surface area contributed by atoms with E-state index in [4.69, 9.17) is 4.74 Å². The molecule has 2 aliphatic carbocycles. The SMILES string of the molecule is CC(=O)OCC(=O)[C@@]1(O)[C@H](O)CC2=C(CCc3cc(O)ccc3C)C(=O)[C@@H](O)C[C@@]21C. The molecule has 3 rings (SSSR count). The molecule has 8 heteroatoms. The highest BCUT2D eigenvalue weighted by atomic mass is 16.5. The van der Waals surface area contributed by atoms with Gasteiger partial charge >= 0.3 is 5.97 Å². The molecular weight excluding hydrogens is 404 g/mol. The van der Waals surface area contributed by atoms with Gasteiger partial charge in [0.2, 0.25) is 5.78 Å². The summed E-state index contributed by atoms with van der Waals surface area (Å²) in [6, 6.07) is 4.93. The Labute approximate surface area is 180 Å². The van der Waals surface area contributed by atoms with Gasteiger partial charge in [-0.05, 0) is 61.4 Å². The van der Waals surface area contributed by atoms with E-state index in [1.807, 2.05) is 6.92 Å². The van der Waals surface area contributed by atoms with Gasteiger partial charge in [0.1, 0.15) is 11.9 Å². The maximum atomic E-state index is 12.8. The quantitative estimate of drug-likeness (QED) is 0.486. The zero-order chi connectivity index (χ0) is 23.1. The molecule has 0 amide bonds. The summed E-state index contributed by atoms with van der Waals surface area (Å²) in [6.45, 7) is 3.83. The molecular formula is C23H28O8. The van der Waals surface area contributed by atoms with Crippen molar-refractivity contribution in [1.29, 1.82) is 0 Å². The number of ketones is 2. The van der Waals surface area contributed by atoms with E-state index in [1.54, 1.807) is 25.1 Å². The number of Topliss-reactive ketones (excluding diaryl/α,β-unsaturated/α-hetero) is 2. The highest BCUT2D eigenvalue weighted by molar-refractivity contribution is 6.02. The maximum Gasteiger partial charge on any atom is 0.303 e. The van der Waals surface area contributed by atoms with Gasteiger partial charge in [-0.25, -0.2) is 0 Å². The Morgan fingerprint density at radius 1 is 1.23 bits per heavy atom. The van der Waals surface area contributed by atoms with E-state index >= 15 is 0 Å². The fraction of sp³-hybridized carbons (Fsp3) is 0.522. The molecule has 4 atom stereocenters. The van der Waals surface area contributed by atoms with Gasteiger partial charge in [0, 0.05) is 12.3 Å². The molecule has 0 bridgehead atoms. The highest BCUT2D eigenvalue weighted by Crippen LogP contribution is 2.57. The number of carbonyl (C=O) groups is 3. The molecule has 31 heavy (non-hydrogen) atoms. The van der Waals surface area contributed by atoms with Crippen LogP contribution in [-0.4, -0.2) is 62.4 Å². The third-order valence-electron chi connectivity index (χ3n) is 6.76. The predicted molar refractivity (Wildman–Crippen MR) is 109 cm³/mol. The number of aromatic hydroxyl groups is 1. The van der Waals surface area contributed by atoms with Gasteiger partial charge in [-0.2, -0.15) is 0 Å². The summed E-state index contributed by atoms with van der Waals surface area (Å²) in [6.07, 6.45) is -2.67. The third-order valence-corrected chi connectivity index (χ3v) is 6.76. The van der Waals surface area contributed by atoms with Gasteiger partial charge in [-0.1, -0.05) is 18.6 Å². The zero-order valence-corrected chi connectivity index (χ0v) is 17.8. The van der Waals surface area contributed by atoms with Crippen LogP contribution in [-0.2, 0) is 25.5 Å². The van der Waals surface area contributed by atoms with Gasteiger partial charge in [0.25, 0.3) is 0 Å². The molecule has 1 saturated carbocycles. The second-order valence-electron chi connectivity index (χ2n) is 8.67. The second kappa shape index (κ2) is 8.18. The summed E-state index contributed by atoms with van der Waals surface area (Å²) >= 11 is 0. The number of carbonyl (C=O) groups excluding carboxylic acids is 3. The first-order valence-corrected chi connectivity index (χ1v) is 10.2. The van der Waals surface area contributed by atoms with Crippen molar-refractivity contribution in [3.63, 3.8) is 0 Å². The number of esters is 1. The van der Waals surface area contributed by atoms with Crippen molar-refractivity contribution in [3.8, 4) is 5.75 Å². The summed E-state index contributed by atoms with van der Waals surface area (Å²) in [4.78, 5) is 36.7. The lowest BCUT2D eigenvalue weighted by atomic mass is 9.63. The summed E-state index contributed by atoms with van der Waals surface area (Å²) < 4.78 is 4.73. The minimum atomic E-state index is -2.30. The minimum Gasteiger partial charge on any atom is -0.508 e. The Morgan fingerprint density at radius 2 is 1.90 bits per heavy atom. The maximum absolute atomic E-state index is 12.8. The van der Waals surface area contributed by atoms with E-state index in [-0.39, 0.29) is 30.6 Å². The van der Waals surface area contributed by atoms with Crippen LogP contribution >= 0.6 is 0 Å². The largest absolute Gasteiger partial charge is 0.508 e. The number of benzene rings is 1. The first-order valence-electron chi connectivity index (χ1n) is 10.2. The van der Waals surface area contributed by atoms with Gasteiger partial charge in [0.05, 0.1) is 6.10 Å². The lowest BCUT2D eigenvalue weighted by molar-refractivity contribution is -0.172. The normalized spacial score (nSPS) is 30.3. The fourth-order valence-electron chi connectivity index (χ4n) is 4.96. The van der Waals surface area contributed by atoms with Gasteiger partial charge in [-0.3, -0.25) is 14.4 Å². The topological polar surface area (TPSA) is 141 Å². The fourth-order valence-corrected chi connectivity index (χ4v) is 4.96. The first-order chi connectivity index (χ1) is 14.4. The van der Waals surface area contributed by atoms with Crippen LogP contribution in [0.5, 0.6) is 5.75 Å². The smallest absolute Gasteiger partial charge is 0.303 e. The number of aliphatic hydroxyl groups excluding tert-OH is 2. The third kappa shape index (κ3) is 3.79. The number of rotatable bonds is 6. The van der Waals surface area contributed by atoms with E-state index in [0.29, 0.717) is 12.0 Å². The van der Waals surface area contributed by atoms with E-state index < -0.39 is 47.4 Å². The molecule has 1 aromatic carbocycles. The van der Waals surface area contributed by atoms with Crippen molar-refractivity contribution in [3.05, 3.63) is 40.5 Å². The number of hydrogen-bond acceptors (Lipinski definition) is 8. The van der Waals surface area contributed by atoms with Crippen LogP contribution in [0.3, 0.4) is 0 Å². The first kappa shape index (κ1) is 23.1. The van der Waals surface area contributed by atoms with Crippen LogP contribution in [0, 0.1) is 12.3 Å². The lowest BCUT2D eigenvalue weighted by Gasteiger charge is -2.44. The Hall–Kier alpha value is -2.55. The number of fused-ring (bicyclic) bond motifs is 1. The van der Waals surface area contributed by atoms with Gasteiger partial charge < -0.3 is 25.2 Å². The Kier molecular flexibility index (Phi) is 6.10. The summed E-state index contributed by atoms with van der Waals surface area (Å²) in [5, 5.41) is 42.2. The average Bonchev–Trinajstić information content (AvgIpc) is 2.90. The van der Waals surface area contributed by atoms with Crippen LogP contribution in [0.1, 0.15) is 44.2 Å². The number of aliphatic hydroxyl groups is 3. The van der Waals surface area contributed by atoms with E-state index in [0.717, 1.165) is 18.1 Å². The van der Waals surface area contributed by atoms with E-state index in [2.05, 4.69) is 0 Å². The van der Waals surface area contributed by atoms with Crippen molar-refractivity contribution in [2.24, 2.45) is 5.41 Å². The van der Waals surface area contributed by atoms with Crippen molar-refractivity contribution in [2.45, 2.75) is 64.3 Å². The van der Waals surface area contributed by atoms with Crippen molar-refractivity contribution < 1.29 is 39.5 Å². The molecule has 0 saturated heterocycles. The molecule has 8 nitrogen and oxygen atoms in total. The molecule has 0 heterocycles. The highest BCUT2D eigenvalue weighted by Gasteiger charge is 2.66. The molecule has 0 unspecified atom stereocenters. The average molecular weight is 432 g/mol. The van der Waals surface area contributed by atoms with Crippen molar-refractivity contribution >= 4 is 17.5 Å². The second-order valence-corrected chi connectivity index (χ2v) is 8.67. The summed E-state index contributed by atoms with van der Waals surface area (Å²) in [5.41, 5.74) is -1.23. The molecule has 0 aliphatic heterocycles. The number of hydrogen-bond donors (Lipinski definition) is 4. The molecule has 0 radical (unpaired) electrons. The number of aryl methyl sites for hydroxylation is 2. The van der Waals surface area contributed by atoms with Crippen molar-refractivity contribution in [1.82, 2.24) is 0 Å². The Morgan fingerprint density at radius 3 is 2.55 bits per heavy atom. The molecule has 0 spiro atoms. The summed E-state index contributed by atoms with van der Waals surface area (Å²) in [7, 11) is 0. The van der Waals surface area contributed by atoms with E-state index in [9.17, 15) is 34.8 Å². The number of phenolic OH excluding ortho intramolecular Hbond substituents is 1. The molecule has 1 fully saturated rings. The Bertz CT molecular complexity index is 964.